The van der Waals surface area contributed by atoms with Gasteiger partial charge < -0.3 is 19.7 Å². The van der Waals surface area contributed by atoms with Crippen LogP contribution in [-0.2, 0) is 6.54 Å². The van der Waals surface area contributed by atoms with Crippen LogP contribution in [0.2, 0.25) is 0 Å². The lowest BCUT2D eigenvalue weighted by molar-refractivity contribution is 0.398. The molecule has 1 N–H and O–H groups in total. The third-order valence-corrected chi connectivity index (χ3v) is 3.79. The summed E-state index contributed by atoms with van der Waals surface area (Å²) in [5, 5.41) is 3.43. The van der Waals surface area contributed by atoms with Gasteiger partial charge in [0.05, 0.1) is 25.6 Å². The Hall–Kier alpha value is -2.07. The third-order valence-electron chi connectivity index (χ3n) is 3.79. The second-order valence-electron chi connectivity index (χ2n) is 5.04. The summed E-state index contributed by atoms with van der Waals surface area (Å²) in [5.41, 5.74) is 3.55. The molecule has 22 heavy (non-hydrogen) atoms. The van der Waals surface area contributed by atoms with E-state index in [-0.39, 0.29) is 12.4 Å². The number of methoxy groups -OCH3 is 2. The van der Waals surface area contributed by atoms with Crippen LogP contribution in [0.25, 0.3) is 0 Å². The Morgan fingerprint density at radius 3 is 2.68 bits per heavy atom. The van der Waals surface area contributed by atoms with E-state index in [1.54, 1.807) is 14.2 Å². The van der Waals surface area contributed by atoms with Crippen LogP contribution in [0.3, 0.4) is 0 Å². The highest BCUT2D eigenvalue weighted by atomic mass is 35.5. The van der Waals surface area contributed by atoms with Crippen molar-refractivity contribution < 1.29 is 9.47 Å². The maximum absolute atomic E-state index is 5.48. The molecule has 5 heteroatoms. The molecule has 0 amide bonds. The summed E-state index contributed by atoms with van der Waals surface area (Å²) in [6.45, 7) is 2.72. The molecule has 0 saturated carbocycles. The summed E-state index contributed by atoms with van der Waals surface area (Å²) >= 11 is 0. The first-order valence-electron chi connectivity index (χ1n) is 7.10. The van der Waals surface area contributed by atoms with Gasteiger partial charge in [0.15, 0.2) is 0 Å². The number of ether oxygens (including phenoxy) is 2. The van der Waals surface area contributed by atoms with Crippen molar-refractivity contribution in [1.82, 2.24) is 0 Å². The van der Waals surface area contributed by atoms with Gasteiger partial charge >= 0.3 is 0 Å². The molecule has 1 heterocycles. The molecular formula is C17H21ClN2O2. The molecule has 0 unspecified atom stereocenters. The minimum Gasteiger partial charge on any atom is -0.497 e. The van der Waals surface area contributed by atoms with Crippen molar-refractivity contribution in [3.05, 3.63) is 48.0 Å². The number of hydrogen-bond acceptors (Lipinski definition) is 4. The Labute approximate surface area is 137 Å². The maximum Gasteiger partial charge on any atom is 0.124 e. The Balaban J connectivity index is 0.00000176. The van der Waals surface area contributed by atoms with Gasteiger partial charge in [0.1, 0.15) is 11.5 Å². The highest BCUT2D eigenvalue weighted by molar-refractivity contribution is 5.85. The van der Waals surface area contributed by atoms with E-state index < -0.39 is 0 Å². The molecule has 0 saturated heterocycles. The third kappa shape index (κ3) is 3.22. The maximum atomic E-state index is 5.48. The second kappa shape index (κ2) is 7.27. The van der Waals surface area contributed by atoms with Crippen molar-refractivity contribution >= 4 is 23.8 Å². The van der Waals surface area contributed by atoms with Gasteiger partial charge in [-0.25, -0.2) is 0 Å². The number of fused-ring (bicyclic) bond motifs is 1. The van der Waals surface area contributed by atoms with Crippen molar-refractivity contribution in [2.24, 2.45) is 0 Å². The van der Waals surface area contributed by atoms with Gasteiger partial charge in [0, 0.05) is 25.2 Å². The minimum absolute atomic E-state index is 0. The van der Waals surface area contributed by atoms with Gasteiger partial charge in [-0.2, -0.15) is 0 Å². The highest BCUT2D eigenvalue weighted by Crippen LogP contribution is 2.32. The molecule has 0 aromatic heterocycles. The van der Waals surface area contributed by atoms with E-state index >= 15 is 0 Å². The molecule has 0 aliphatic carbocycles. The summed E-state index contributed by atoms with van der Waals surface area (Å²) in [6.07, 6.45) is 0. The number of halogens is 1. The van der Waals surface area contributed by atoms with Gasteiger partial charge in [-0.3, -0.25) is 0 Å². The van der Waals surface area contributed by atoms with E-state index in [1.165, 1.54) is 11.4 Å². The van der Waals surface area contributed by atoms with E-state index in [4.69, 9.17) is 9.47 Å². The van der Waals surface area contributed by atoms with E-state index in [2.05, 4.69) is 34.5 Å². The van der Waals surface area contributed by atoms with Crippen LogP contribution in [0.5, 0.6) is 11.5 Å². The Bertz CT molecular complexity index is 634. The SMILES string of the molecule is COc1ccc(OC)c(CN2CCNc3ccccc32)c1.Cl. The standard InChI is InChI=1S/C17H20N2O2.ClH/c1-20-14-7-8-17(21-2)13(11-14)12-19-10-9-18-15-5-3-4-6-16(15)19;/h3-8,11,18H,9-10,12H2,1-2H3;1H. The average molecular weight is 321 g/mol. The van der Waals surface area contributed by atoms with Gasteiger partial charge in [0.25, 0.3) is 0 Å². The molecule has 118 valence electrons. The molecule has 2 aromatic rings. The smallest absolute Gasteiger partial charge is 0.124 e. The summed E-state index contributed by atoms with van der Waals surface area (Å²) in [7, 11) is 3.39. The van der Waals surface area contributed by atoms with Crippen LogP contribution in [0.1, 0.15) is 5.56 Å². The Morgan fingerprint density at radius 1 is 1.09 bits per heavy atom. The largest absolute Gasteiger partial charge is 0.497 e. The van der Waals surface area contributed by atoms with Gasteiger partial charge in [-0.15, -0.1) is 12.4 Å². The Kier molecular flexibility index (Phi) is 5.39. The fraction of sp³-hybridized carbons (Fsp3) is 0.294. The van der Waals surface area contributed by atoms with Crippen molar-refractivity contribution in [3.63, 3.8) is 0 Å². The lowest BCUT2D eigenvalue weighted by Gasteiger charge is -2.32. The van der Waals surface area contributed by atoms with Crippen molar-refractivity contribution in [2.75, 3.05) is 37.5 Å². The summed E-state index contributed by atoms with van der Waals surface area (Å²) in [5.74, 6) is 1.75. The normalized spacial score (nSPS) is 12.7. The summed E-state index contributed by atoms with van der Waals surface area (Å²) in [4.78, 5) is 2.36. The van der Waals surface area contributed by atoms with Crippen molar-refractivity contribution in [2.45, 2.75) is 6.54 Å². The minimum atomic E-state index is 0. The number of nitrogens with one attached hydrogen (secondary N) is 1. The lowest BCUT2D eigenvalue weighted by atomic mass is 10.1. The molecule has 1 aliphatic rings. The van der Waals surface area contributed by atoms with E-state index in [1.807, 2.05) is 18.2 Å². The highest BCUT2D eigenvalue weighted by Gasteiger charge is 2.17. The van der Waals surface area contributed by atoms with Crippen molar-refractivity contribution in [1.29, 1.82) is 0 Å². The molecule has 0 bridgehead atoms. The van der Waals surface area contributed by atoms with Crippen LogP contribution < -0.4 is 19.7 Å². The predicted octanol–water partition coefficient (Wildman–Crippen LogP) is 3.56. The van der Waals surface area contributed by atoms with Crippen LogP contribution in [0.4, 0.5) is 11.4 Å². The zero-order valence-electron chi connectivity index (χ0n) is 12.8. The topological polar surface area (TPSA) is 33.7 Å². The number of anilines is 2. The number of benzene rings is 2. The molecular weight excluding hydrogens is 300 g/mol. The molecule has 0 atom stereocenters. The van der Waals surface area contributed by atoms with E-state index in [9.17, 15) is 0 Å². The van der Waals surface area contributed by atoms with E-state index in [0.717, 1.165) is 36.7 Å². The van der Waals surface area contributed by atoms with Crippen LogP contribution in [-0.4, -0.2) is 27.3 Å². The number of hydrogen-bond donors (Lipinski definition) is 1. The first-order chi connectivity index (χ1) is 10.3. The first-order valence-corrected chi connectivity index (χ1v) is 7.10. The number of nitrogens with zero attached hydrogens (tertiary/aromatic N) is 1. The van der Waals surface area contributed by atoms with Crippen LogP contribution in [0.15, 0.2) is 42.5 Å². The van der Waals surface area contributed by atoms with Crippen LogP contribution >= 0.6 is 12.4 Å². The fourth-order valence-corrected chi connectivity index (χ4v) is 2.72. The van der Waals surface area contributed by atoms with Gasteiger partial charge in [-0.05, 0) is 30.3 Å². The molecule has 0 spiro atoms. The Morgan fingerprint density at radius 2 is 1.91 bits per heavy atom. The molecule has 1 aliphatic heterocycles. The van der Waals surface area contributed by atoms with Crippen molar-refractivity contribution in [3.8, 4) is 11.5 Å². The quantitative estimate of drug-likeness (QED) is 0.934. The zero-order valence-corrected chi connectivity index (χ0v) is 13.7. The lowest BCUT2D eigenvalue weighted by Crippen LogP contribution is -2.33. The number of para-hydroxylation sites is 2. The summed E-state index contributed by atoms with van der Waals surface area (Å²) < 4.78 is 10.8. The molecule has 3 rings (SSSR count). The number of rotatable bonds is 4. The summed E-state index contributed by atoms with van der Waals surface area (Å²) in [6, 6.07) is 14.3. The average Bonchev–Trinajstić information content (AvgIpc) is 2.55. The molecule has 2 aromatic carbocycles. The molecule has 0 fully saturated rings. The molecule has 4 nitrogen and oxygen atoms in total. The predicted molar refractivity (Wildman–Crippen MR) is 92.8 cm³/mol. The first kappa shape index (κ1) is 16.3. The van der Waals surface area contributed by atoms with E-state index in [0.29, 0.717) is 0 Å². The monoisotopic (exact) mass is 320 g/mol. The fourth-order valence-electron chi connectivity index (χ4n) is 2.72. The second-order valence-corrected chi connectivity index (χ2v) is 5.04. The van der Waals surface area contributed by atoms with Crippen LogP contribution in [0, 0.1) is 0 Å². The van der Waals surface area contributed by atoms with Gasteiger partial charge in [0.2, 0.25) is 0 Å². The van der Waals surface area contributed by atoms with Gasteiger partial charge in [-0.1, -0.05) is 12.1 Å². The molecule has 0 radical (unpaired) electrons. The zero-order chi connectivity index (χ0) is 14.7.